The lowest BCUT2D eigenvalue weighted by Gasteiger charge is -2.36. The smallest absolute Gasteiger partial charge is 0.321 e. The largest absolute Gasteiger partial charge is 0.327 e. The minimum atomic E-state index is -0.0738. The number of anilines is 1. The standard InChI is InChI=1S/C15H22ClN3O/c1-3-11-9-19(7-6-14(11)17)15(20)18-12-5-4-10(2)13(16)8-12/h4-5,8,11,14H,3,6-7,9,17H2,1-2H3,(H,18,20). The zero-order valence-corrected chi connectivity index (χ0v) is 12.8. The van der Waals surface area contributed by atoms with Crippen molar-refractivity contribution in [3.63, 3.8) is 0 Å². The van der Waals surface area contributed by atoms with Crippen molar-refractivity contribution in [3.8, 4) is 0 Å². The fourth-order valence-corrected chi connectivity index (χ4v) is 2.72. The Kier molecular flexibility index (Phi) is 4.89. The lowest BCUT2D eigenvalue weighted by Crippen LogP contribution is -2.50. The van der Waals surface area contributed by atoms with E-state index in [-0.39, 0.29) is 12.1 Å². The lowest BCUT2D eigenvalue weighted by atomic mass is 9.91. The molecule has 5 heteroatoms. The van der Waals surface area contributed by atoms with E-state index in [1.54, 1.807) is 6.07 Å². The molecule has 1 aliphatic rings. The molecule has 2 rings (SSSR count). The molecule has 2 atom stereocenters. The number of likely N-dealkylation sites (tertiary alicyclic amines) is 1. The Bertz CT molecular complexity index is 492. The highest BCUT2D eigenvalue weighted by molar-refractivity contribution is 6.31. The molecular weight excluding hydrogens is 274 g/mol. The van der Waals surface area contributed by atoms with E-state index in [0.29, 0.717) is 17.5 Å². The van der Waals surface area contributed by atoms with Crippen LogP contribution in [0.3, 0.4) is 0 Å². The maximum atomic E-state index is 12.3. The van der Waals surface area contributed by atoms with E-state index in [0.717, 1.165) is 30.6 Å². The van der Waals surface area contributed by atoms with Crippen molar-refractivity contribution in [1.82, 2.24) is 4.90 Å². The third-order valence-corrected chi connectivity index (χ3v) is 4.43. The van der Waals surface area contributed by atoms with E-state index in [9.17, 15) is 4.79 Å². The zero-order valence-electron chi connectivity index (χ0n) is 12.0. The minimum absolute atomic E-state index is 0.0738. The van der Waals surface area contributed by atoms with Gasteiger partial charge in [-0.05, 0) is 37.0 Å². The Hall–Kier alpha value is -1.26. The van der Waals surface area contributed by atoms with Crippen molar-refractivity contribution in [2.45, 2.75) is 32.7 Å². The molecule has 0 aromatic heterocycles. The molecule has 1 fully saturated rings. The van der Waals surface area contributed by atoms with Crippen LogP contribution in [0.5, 0.6) is 0 Å². The fraction of sp³-hybridized carbons (Fsp3) is 0.533. The Balaban J connectivity index is 1.99. The summed E-state index contributed by atoms with van der Waals surface area (Å²) in [5.74, 6) is 0.385. The summed E-state index contributed by atoms with van der Waals surface area (Å²) in [5.41, 5.74) is 7.79. The summed E-state index contributed by atoms with van der Waals surface area (Å²) in [6, 6.07) is 5.68. The van der Waals surface area contributed by atoms with Crippen molar-refractivity contribution in [3.05, 3.63) is 28.8 Å². The molecule has 0 aliphatic carbocycles. The zero-order chi connectivity index (χ0) is 14.7. The molecule has 1 aromatic carbocycles. The average molecular weight is 296 g/mol. The van der Waals surface area contributed by atoms with Crippen molar-refractivity contribution < 1.29 is 4.79 Å². The number of piperidine rings is 1. The number of nitrogens with zero attached hydrogens (tertiary/aromatic N) is 1. The second-order valence-corrected chi connectivity index (χ2v) is 5.87. The molecule has 110 valence electrons. The highest BCUT2D eigenvalue weighted by Crippen LogP contribution is 2.22. The Labute approximate surface area is 125 Å². The van der Waals surface area contributed by atoms with Crippen molar-refractivity contribution >= 4 is 23.3 Å². The van der Waals surface area contributed by atoms with Gasteiger partial charge in [-0.3, -0.25) is 0 Å². The first kappa shape index (κ1) is 15.1. The predicted molar refractivity (Wildman–Crippen MR) is 83.2 cm³/mol. The van der Waals surface area contributed by atoms with Crippen molar-refractivity contribution in [2.24, 2.45) is 11.7 Å². The number of hydrogen-bond donors (Lipinski definition) is 2. The molecule has 4 nitrogen and oxygen atoms in total. The number of nitrogens with one attached hydrogen (secondary N) is 1. The van der Waals surface area contributed by atoms with Gasteiger partial charge in [0.05, 0.1) is 0 Å². The van der Waals surface area contributed by atoms with Gasteiger partial charge in [-0.2, -0.15) is 0 Å². The predicted octanol–water partition coefficient (Wildman–Crippen LogP) is 3.24. The minimum Gasteiger partial charge on any atom is -0.327 e. The summed E-state index contributed by atoms with van der Waals surface area (Å²) < 4.78 is 0. The Morgan fingerprint density at radius 1 is 1.55 bits per heavy atom. The molecule has 1 aromatic rings. The fourth-order valence-electron chi connectivity index (χ4n) is 2.54. The van der Waals surface area contributed by atoms with Crippen LogP contribution in [0, 0.1) is 12.8 Å². The number of aryl methyl sites for hydroxylation is 1. The van der Waals surface area contributed by atoms with Gasteiger partial charge in [0.1, 0.15) is 0 Å². The van der Waals surface area contributed by atoms with Gasteiger partial charge >= 0.3 is 6.03 Å². The second kappa shape index (κ2) is 6.46. The number of benzene rings is 1. The van der Waals surface area contributed by atoms with Crippen molar-refractivity contribution in [2.75, 3.05) is 18.4 Å². The van der Waals surface area contributed by atoms with E-state index in [2.05, 4.69) is 12.2 Å². The number of carbonyl (C=O) groups excluding carboxylic acids is 1. The van der Waals surface area contributed by atoms with Gasteiger partial charge in [0.15, 0.2) is 0 Å². The highest BCUT2D eigenvalue weighted by Gasteiger charge is 2.28. The van der Waals surface area contributed by atoms with Crippen LogP contribution in [0.1, 0.15) is 25.3 Å². The van der Waals surface area contributed by atoms with E-state index in [4.69, 9.17) is 17.3 Å². The summed E-state index contributed by atoms with van der Waals surface area (Å²) >= 11 is 6.07. The first-order valence-corrected chi connectivity index (χ1v) is 7.46. The molecular formula is C15H22ClN3O. The summed E-state index contributed by atoms with van der Waals surface area (Å²) in [7, 11) is 0. The molecule has 20 heavy (non-hydrogen) atoms. The summed E-state index contributed by atoms with van der Waals surface area (Å²) in [6.45, 7) is 5.49. The SMILES string of the molecule is CCC1CN(C(=O)Nc2ccc(C)c(Cl)c2)CCC1N. The molecule has 0 saturated carbocycles. The normalized spacial score (nSPS) is 22.7. The number of carbonyl (C=O) groups is 1. The molecule has 2 unspecified atom stereocenters. The van der Waals surface area contributed by atoms with Crippen LogP contribution in [-0.2, 0) is 0 Å². The maximum Gasteiger partial charge on any atom is 0.321 e. The first-order chi connectivity index (χ1) is 9.51. The van der Waals surface area contributed by atoms with Gasteiger partial charge < -0.3 is 16.0 Å². The number of rotatable bonds is 2. The summed E-state index contributed by atoms with van der Waals surface area (Å²) in [6.07, 6.45) is 1.86. The Morgan fingerprint density at radius 3 is 2.95 bits per heavy atom. The van der Waals surface area contributed by atoms with Gasteiger partial charge in [-0.15, -0.1) is 0 Å². The topological polar surface area (TPSA) is 58.4 Å². The number of amides is 2. The third-order valence-electron chi connectivity index (χ3n) is 4.03. The van der Waals surface area contributed by atoms with E-state index in [1.165, 1.54) is 0 Å². The summed E-state index contributed by atoms with van der Waals surface area (Å²) in [5, 5.41) is 3.56. The number of halogens is 1. The van der Waals surface area contributed by atoms with E-state index >= 15 is 0 Å². The van der Waals surface area contributed by atoms with Crippen LogP contribution in [0.2, 0.25) is 5.02 Å². The van der Waals surface area contributed by atoms with Crippen molar-refractivity contribution in [1.29, 1.82) is 0 Å². The van der Waals surface area contributed by atoms with Crippen LogP contribution >= 0.6 is 11.6 Å². The highest BCUT2D eigenvalue weighted by atomic mass is 35.5. The maximum absolute atomic E-state index is 12.3. The Morgan fingerprint density at radius 2 is 2.30 bits per heavy atom. The molecule has 1 saturated heterocycles. The molecule has 1 aliphatic heterocycles. The lowest BCUT2D eigenvalue weighted by molar-refractivity contribution is 0.164. The monoisotopic (exact) mass is 295 g/mol. The number of hydrogen-bond acceptors (Lipinski definition) is 2. The van der Waals surface area contributed by atoms with Crippen LogP contribution in [0.15, 0.2) is 18.2 Å². The molecule has 0 spiro atoms. The number of urea groups is 1. The van der Waals surface area contributed by atoms with E-state index < -0.39 is 0 Å². The van der Waals surface area contributed by atoms with E-state index in [1.807, 2.05) is 24.0 Å². The molecule has 2 amide bonds. The molecule has 0 bridgehead atoms. The molecule has 0 radical (unpaired) electrons. The van der Waals surface area contributed by atoms with Crippen LogP contribution in [-0.4, -0.2) is 30.1 Å². The summed E-state index contributed by atoms with van der Waals surface area (Å²) in [4.78, 5) is 14.1. The molecule has 1 heterocycles. The third kappa shape index (κ3) is 3.44. The average Bonchev–Trinajstić information content (AvgIpc) is 2.43. The van der Waals surface area contributed by atoms with Gasteiger partial charge in [0, 0.05) is 29.8 Å². The second-order valence-electron chi connectivity index (χ2n) is 5.46. The first-order valence-electron chi connectivity index (χ1n) is 7.09. The van der Waals surface area contributed by atoms with Crippen LogP contribution in [0.4, 0.5) is 10.5 Å². The van der Waals surface area contributed by atoms with Crippen LogP contribution in [0.25, 0.3) is 0 Å². The van der Waals surface area contributed by atoms with Gasteiger partial charge in [-0.25, -0.2) is 4.79 Å². The number of nitrogens with two attached hydrogens (primary N) is 1. The van der Waals surface area contributed by atoms with Gasteiger partial charge in [0.2, 0.25) is 0 Å². The quantitative estimate of drug-likeness (QED) is 0.880. The molecule has 3 N–H and O–H groups in total. The van der Waals surface area contributed by atoms with Crippen LogP contribution < -0.4 is 11.1 Å². The van der Waals surface area contributed by atoms with Gasteiger partial charge in [0.25, 0.3) is 0 Å². The van der Waals surface area contributed by atoms with Gasteiger partial charge in [-0.1, -0.05) is 31.0 Å².